The fraction of sp³-hybridized carbons (Fsp3) is 0.294. The topological polar surface area (TPSA) is 81.7 Å². The van der Waals surface area contributed by atoms with Gasteiger partial charge in [-0.3, -0.25) is 9.78 Å². The summed E-state index contributed by atoms with van der Waals surface area (Å²) in [7, 11) is 4.76. The van der Waals surface area contributed by atoms with Crippen molar-refractivity contribution < 1.29 is 19.0 Å². The molecule has 24 heavy (non-hydrogen) atoms. The molecule has 0 aliphatic rings. The number of methoxy groups -OCH3 is 3. The van der Waals surface area contributed by atoms with Crippen LogP contribution in [0.5, 0.6) is 11.5 Å². The van der Waals surface area contributed by atoms with Gasteiger partial charge in [0.15, 0.2) is 0 Å². The molecule has 1 amide bonds. The third kappa shape index (κ3) is 4.60. The van der Waals surface area contributed by atoms with E-state index in [9.17, 15) is 4.79 Å². The molecular weight excluding hydrogens is 310 g/mol. The zero-order valence-corrected chi connectivity index (χ0v) is 14.0. The first-order valence-electron chi connectivity index (χ1n) is 7.40. The van der Waals surface area contributed by atoms with Crippen LogP contribution >= 0.6 is 0 Å². The van der Waals surface area contributed by atoms with Crippen molar-refractivity contribution in [1.82, 2.24) is 10.3 Å². The summed E-state index contributed by atoms with van der Waals surface area (Å²) in [4.78, 5) is 16.1. The molecule has 0 unspecified atom stereocenters. The van der Waals surface area contributed by atoms with Crippen LogP contribution in [0.1, 0.15) is 10.5 Å². The SMILES string of the molecule is COCCNC(=O)c1cc(Nc2ccc(OC)cc2OC)ccn1. The maximum atomic E-state index is 12.0. The molecule has 0 bridgehead atoms. The number of pyridine rings is 1. The Labute approximate surface area is 140 Å². The highest BCUT2D eigenvalue weighted by Gasteiger charge is 2.09. The predicted octanol–water partition coefficient (Wildman–Crippen LogP) is 2.22. The number of hydrogen-bond donors (Lipinski definition) is 2. The summed E-state index contributed by atoms with van der Waals surface area (Å²) in [6.07, 6.45) is 1.57. The summed E-state index contributed by atoms with van der Waals surface area (Å²) in [5.74, 6) is 1.08. The second kappa shape index (κ2) is 8.73. The molecule has 0 radical (unpaired) electrons. The maximum absolute atomic E-state index is 12.0. The molecule has 0 saturated heterocycles. The Morgan fingerprint density at radius 2 is 1.96 bits per heavy atom. The van der Waals surface area contributed by atoms with Gasteiger partial charge in [-0.2, -0.15) is 0 Å². The molecule has 0 aliphatic carbocycles. The molecule has 1 aromatic heterocycles. The lowest BCUT2D eigenvalue weighted by Gasteiger charge is -2.13. The summed E-state index contributed by atoms with van der Waals surface area (Å²) in [5, 5.41) is 5.95. The molecule has 2 rings (SSSR count). The molecule has 0 fully saturated rings. The Morgan fingerprint density at radius 1 is 1.12 bits per heavy atom. The number of aromatic nitrogens is 1. The predicted molar refractivity (Wildman–Crippen MR) is 91.3 cm³/mol. The Morgan fingerprint density at radius 3 is 2.67 bits per heavy atom. The van der Waals surface area contributed by atoms with Crippen molar-refractivity contribution in [1.29, 1.82) is 0 Å². The Kier molecular flexibility index (Phi) is 6.39. The Bertz CT molecular complexity index is 691. The van der Waals surface area contributed by atoms with Crippen molar-refractivity contribution in [2.45, 2.75) is 0 Å². The lowest BCUT2D eigenvalue weighted by Crippen LogP contribution is -2.27. The lowest BCUT2D eigenvalue weighted by molar-refractivity contribution is 0.0932. The van der Waals surface area contributed by atoms with Gasteiger partial charge in [0.25, 0.3) is 5.91 Å². The highest BCUT2D eigenvalue weighted by molar-refractivity contribution is 5.93. The summed E-state index contributed by atoms with van der Waals surface area (Å²) in [5.41, 5.74) is 1.81. The average molecular weight is 331 g/mol. The standard InChI is InChI=1S/C17H21N3O4/c1-22-9-8-19-17(21)15-10-12(6-7-18-15)20-14-5-4-13(23-2)11-16(14)24-3/h4-7,10-11H,8-9H2,1-3H3,(H,18,20)(H,19,21). The van der Waals surface area contributed by atoms with Gasteiger partial charge >= 0.3 is 0 Å². The van der Waals surface area contributed by atoms with Crippen LogP contribution in [0, 0.1) is 0 Å². The van der Waals surface area contributed by atoms with Crippen molar-refractivity contribution in [2.24, 2.45) is 0 Å². The Hall–Kier alpha value is -2.80. The molecule has 1 aromatic carbocycles. The van der Waals surface area contributed by atoms with Gasteiger partial charge < -0.3 is 24.8 Å². The molecule has 0 aliphatic heterocycles. The van der Waals surface area contributed by atoms with Crippen molar-refractivity contribution in [3.8, 4) is 11.5 Å². The van der Waals surface area contributed by atoms with E-state index in [1.807, 2.05) is 12.1 Å². The summed E-state index contributed by atoms with van der Waals surface area (Å²) < 4.78 is 15.4. The van der Waals surface area contributed by atoms with Gasteiger partial charge in [0.05, 0.1) is 26.5 Å². The van der Waals surface area contributed by atoms with Gasteiger partial charge in [-0.05, 0) is 24.3 Å². The van der Waals surface area contributed by atoms with Crippen molar-refractivity contribution in [3.05, 3.63) is 42.2 Å². The molecule has 128 valence electrons. The first kappa shape index (κ1) is 17.6. The minimum atomic E-state index is -0.252. The molecular formula is C17H21N3O4. The van der Waals surface area contributed by atoms with Crippen LogP contribution in [0.3, 0.4) is 0 Å². The Balaban J connectivity index is 2.13. The minimum Gasteiger partial charge on any atom is -0.497 e. The number of benzene rings is 1. The molecule has 7 heteroatoms. The third-order valence-electron chi connectivity index (χ3n) is 3.27. The molecule has 0 atom stereocenters. The largest absolute Gasteiger partial charge is 0.497 e. The summed E-state index contributed by atoms with van der Waals surface area (Å²) in [6.45, 7) is 0.883. The van der Waals surface area contributed by atoms with Gasteiger partial charge in [0, 0.05) is 31.6 Å². The van der Waals surface area contributed by atoms with E-state index >= 15 is 0 Å². The number of carbonyl (C=O) groups excluding carboxylic acids is 1. The number of amides is 1. The number of ether oxygens (including phenoxy) is 3. The number of nitrogens with one attached hydrogen (secondary N) is 2. The van der Waals surface area contributed by atoms with E-state index in [1.165, 1.54) is 0 Å². The van der Waals surface area contributed by atoms with Gasteiger partial charge in [0.1, 0.15) is 17.2 Å². The summed E-state index contributed by atoms with van der Waals surface area (Å²) >= 11 is 0. The lowest BCUT2D eigenvalue weighted by atomic mass is 10.2. The van der Waals surface area contributed by atoms with E-state index in [4.69, 9.17) is 14.2 Å². The average Bonchev–Trinajstić information content (AvgIpc) is 2.62. The zero-order chi connectivity index (χ0) is 17.4. The number of carbonyl (C=O) groups is 1. The maximum Gasteiger partial charge on any atom is 0.270 e. The summed E-state index contributed by atoms with van der Waals surface area (Å²) in [6, 6.07) is 8.89. The molecule has 0 spiro atoms. The third-order valence-corrected chi connectivity index (χ3v) is 3.27. The first-order valence-corrected chi connectivity index (χ1v) is 7.40. The number of nitrogens with zero attached hydrogens (tertiary/aromatic N) is 1. The van der Waals surface area contributed by atoms with E-state index in [0.717, 1.165) is 11.4 Å². The quantitative estimate of drug-likeness (QED) is 0.722. The fourth-order valence-electron chi connectivity index (χ4n) is 2.05. The van der Waals surface area contributed by atoms with Crippen LogP contribution in [0.15, 0.2) is 36.5 Å². The van der Waals surface area contributed by atoms with Crippen molar-refractivity contribution in [3.63, 3.8) is 0 Å². The van der Waals surface area contributed by atoms with Crippen LogP contribution in [0.2, 0.25) is 0 Å². The molecule has 2 aromatic rings. The van der Waals surface area contributed by atoms with E-state index < -0.39 is 0 Å². The number of rotatable bonds is 8. The fourth-order valence-corrected chi connectivity index (χ4v) is 2.05. The van der Waals surface area contributed by atoms with Gasteiger partial charge in [0.2, 0.25) is 0 Å². The molecule has 1 heterocycles. The normalized spacial score (nSPS) is 10.1. The highest BCUT2D eigenvalue weighted by Crippen LogP contribution is 2.31. The van der Waals surface area contributed by atoms with Gasteiger partial charge in [-0.1, -0.05) is 0 Å². The van der Waals surface area contributed by atoms with Crippen LogP contribution < -0.4 is 20.1 Å². The smallest absolute Gasteiger partial charge is 0.270 e. The number of hydrogen-bond acceptors (Lipinski definition) is 6. The van der Waals surface area contributed by atoms with Crippen LogP contribution in [0.25, 0.3) is 0 Å². The van der Waals surface area contributed by atoms with Crippen LogP contribution in [-0.4, -0.2) is 45.4 Å². The highest BCUT2D eigenvalue weighted by atomic mass is 16.5. The first-order chi connectivity index (χ1) is 11.7. The van der Waals surface area contributed by atoms with Crippen LogP contribution in [0.4, 0.5) is 11.4 Å². The monoisotopic (exact) mass is 331 g/mol. The van der Waals surface area contributed by atoms with E-state index in [0.29, 0.717) is 30.3 Å². The number of anilines is 2. The van der Waals surface area contributed by atoms with E-state index in [2.05, 4.69) is 15.6 Å². The zero-order valence-electron chi connectivity index (χ0n) is 14.0. The second-order valence-corrected chi connectivity index (χ2v) is 4.87. The van der Waals surface area contributed by atoms with Crippen LogP contribution in [-0.2, 0) is 4.74 Å². The van der Waals surface area contributed by atoms with E-state index in [-0.39, 0.29) is 5.91 Å². The van der Waals surface area contributed by atoms with E-state index in [1.54, 1.807) is 45.7 Å². The molecule has 2 N–H and O–H groups in total. The van der Waals surface area contributed by atoms with Gasteiger partial charge in [-0.15, -0.1) is 0 Å². The molecule has 7 nitrogen and oxygen atoms in total. The van der Waals surface area contributed by atoms with Gasteiger partial charge in [-0.25, -0.2) is 0 Å². The minimum absolute atomic E-state index is 0.252. The second-order valence-electron chi connectivity index (χ2n) is 4.87. The van der Waals surface area contributed by atoms with Crippen molar-refractivity contribution in [2.75, 3.05) is 39.8 Å². The molecule has 0 saturated carbocycles. The van der Waals surface area contributed by atoms with Crippen molar-refractivity contribution >= 4 is 17.3 Å².